The average molecular weight is 394 g/mol. The number of aliphatic carboxylic acids is 2. The van der Waals surface area contributed by atoms with Gasteiger partial charge < -0.3 is 42.1 Å². The number of rotatable bonds is 6. The molecule has 0 saturated carbocycles. The maximum atomic E-state index is 10.4. The van der Waals surface area contributed by atoms with Crippen LogP contribution in [0.15, 0.2) is 36.4 Å². The van der Waals surface area contributed by atoms with Gasteiger partial charge in [-0.2, -0.15) is 0 Å². The molecule has 0 amide bonds. The van der Waals surface area contributed by atoms with Gasteiger partial charge in [0.2, 0.25) is 0 Å². The van der Waals surface area contributed by atoms with Crippen molar-refractivity contribution in [3.05, 3.63) is 47.5 Å². The highest BCUT2D eigenvalue weighted by molar-refractivity contribution is 5.74. The maximum absolute atomic E-state index is 10.4. The van der Waals surface area contributed by atoms with E-state index in [1.54, 1.807) is 0 Å². The first-order valence-electron chi connectivity index (χ1n) is 7.99. The lowest BCUT2D eigenvalue weighted by Gasteiger charge is -2.06. The number of hydrogen-bond donors (Lipinski definition) is 8. The van der Waals surface area contributed by atoms with Gasteiger partial charge in [0.15, 0.2) is 23.0 Å². The van der Waals surface area contributed by atoms with Crippen molar-refractivity contribution < 1.29 is 40.2 Å². The summed E-state index contributed by atoms with van der Waals surface area (Å²) in [6.45, 7) is 0. The second kappa shape index (κ2) is 10.00. The summed E-state index contributed by atoms with van der Waals surface area (Å²) >= 11 is 0. The lowest BCUT2D eigenvalue weighted by Crippen LogP contribution is -2.32. The molecular formula is C18H22N2O8. The molecule has 0 aromatic heterocycles. The number of phenols is 4. The number of hydrogen-bond acceptors (Lipinski definition) is 8. The molecule has 2 atom stereocenters. The van der Waals surface area contributed by atoms with Crippen LogP contribution in [0.5, 0.6) is 23.0 Å². The van der Waals surface area contributed by atoms with Crippen LogP contribution >= 0.6 is 0 Å². The Hall–Kier alpha value is -3.50. The Morgan fingerprint density at radius 1 is 0.679 bits per heavy atom. The smallest absolute Gasteiger partial charge is 0.320 e. The highest BCUT2D eigenvalue weighted by Crippen LogP contribution is 2.26. The lowest BCUT2D eigenvalue weighted by molar-refractivity contribution is -0.139. The van der Waals surface area contributed by atoms with Crippen molar-refractivity contribution in [1.29, 1.82) is 0 Å². The molecule has 0 aliphatic carbocycles. The molecule has 10 heteroatoms. The van der Waals surface area contributed by atoms with Gasteiger partial charge in [-0.05, 0) is 48.2 Å². The van der Waals surface area contributed by atoms with Crippen molar-refractivity contribution in [2.75, 3.05) is 0 Å². The maximum Gasteiger partial charge on any atom is 0.320 e. The van der Waals surface area contributed by atoms with Gasteiger partial charge in [-0.1, -0.05) is 12.1 Å². The van der Waals surface area contributed by atoms with E-state index in [1.807, 2.05) is 0 Å². The third-order valence-electron chi connectivity index (χ3n) is 3.63. The van der Waals surface area contributed by atoms with Crippen LogP contribution < -0.4 is 11.5 Å². The summed E-state index contributed by atoms with van der Waals surface area (Å²) < 4.78 is 0. The summed E-state index contributed by atoms with van der Waals surface area (Å²) in [5.41, 5.74) is 11.7. The fourth-order valence-corrected chi connectivity index (χ4v) is 2.07. The lowest BCUT2D eigenvalue weighted by atomic mass is 10.1. The Labute approximate surface area is 159 Å². The van der Waals surface area contributed by atoms with Crippen LogP contribution in [0.2, 0.25) is 0 Å². The highest BCUT2D eigenvalue weighted by atomic mass is 16.4. The van der Waals surface area contributed by atoms with E-state index in [4.69, 9.17) is 42.1 Å². The van der Waals surface area contributed by atoms with Crippen LogP contribution in [0, 0.1) is 0 Å². The SMILES string of the molecule is N[C@@H](Cc1ccc(O)c(O)c1)C(=O)O.N[C@H](Cc1ccc(O)c(O)c1)C(=O)O. The topological polar surface area (TPSA) is 208 Å². The van der Waals surface area contributed by atoms with E-state index in [9.17, 15) is 9.59 Å². The number of nitrogens with two attached hydrogens (primary N) is 2. The van der Waals surface area contributed by atoms with Crippen molar-refractivity contribution in [3.8, 4) is 23.0 Å². The Bertz CT molecular complexity index is 771. The predicted octanol–water partition coefficient (Wildman–Crippen LogP) is 0.104. The van der Waals surface area contributed by atoms with E-state index < -0.39 is 24.0 Å². The van der Waals surface area contributed by atoms with E-state index in [0.717, 1.165) is 0 Å². The minimum Gasteiger partial charge on any atom is -0.504 e. The first kappa shape index (κ1) is 22.5. The molecule has 0 aliphatic rings. The second-order valence-electron chi connectivity index (χ2n) is 5.94. The van der Waals surface area contributed by atoms with Crippen molar-refractivity contribution >= 4 is 11.9 Å². The summed E-state index contributed by atoms with van der Waals surface area (Å²) in [6, 6.07) is 6.18. The minimum atomic E-state index is -1.10. The summed E-state index contributed by atoms with van der Waals surface area (Å²) in [4.78, 5) is 20.8. The average Bonchev–Trinajstić information content (AvgIpc) is 2.61. The zero-order valence-electron chi connectivity index (χ0n) is 14.7. The molecule has 0 spiro atoms. The van der Waals surface area contributed by atoms with Crippen molar-refractivity contribution in [2.45, 2.75) is 24.9 Å². The molecule has 10 N–H and O–H groups in total. The van der Waals surface area contributed by atoms with Crippen molar-refractivity contribution in [2.24, 2.45) is 11.5 Å². The van der Waals surface area contributed by atoms with E-state index in [1.165, 1.54) is 36.4 Å². The first-order chi connectivity index (χ1) is 13.0. The molecule has 0 heterocycles. The number of aromatic hydroxyl groups is 4. The molecule has 0 fully saturated rings. The molecule has 152 valence electrons. The number of carboxylic acid groups (broad SMARTS) is 2. The molecule has 2 rings (SSSR count). The third-order valence-corrected chi connectivity index (χ3v) is 3.63. The Balaban J connectivity index is 0.000000280. The van der Waals surface area contributed by atoms with Gasteiger partial charge in [-0.25, -0.2) is 0 Å². The molecular weight excluding hydrogens is 372 g/mol. The molecule has 0 saturated heterocycles. The first-order valence-corrected chi connectivity index (χ1v) is 7.99. The van der Waals surface area contributed by atoms with Crippen LogP contribution in [0.3, 0.4) is 0 Å². The van der Waals surface area contributed by atoms with Crippen molar-refractivity contribution in [1.82, 2.24) is 0 Å². The number of benzene rings is 2. The summed E-state index contributed by atoms with van der Waals surface area (Å²) in [7, 11) is 0. The van der Waals surface area contributed by atoms with Gasteiger partial charge in [0.1, 0.15) is 12.1 Å². The largest absolute Gasteiger partial charge is 0.504 e. The molecule has 0 radical (unpaired) electrons. The van der Waals surface area contributed by atoms with Crippen LogP contribution in [0.1, 0.15) is 11.1 Å². The Morgan fingerprint density at radius 2 is 1.00 bits per heavy atom. The molecule has 2 aromatic carbocycles. The molecule has 10 nitrogen and oxygen atoms in total. The standard InChI is InChI=1S/2C9H11NO4/c2*10-6(9(13)14)3-5-1-2-7(11)8(12)4-5/h2*1-2,4,6,11-12H,3,10H2,(H,13,14)/t2*6-/m10/s1. The predicted molar refractivity (Wildman–Crippen MR) is 98.2 cm³/mol. The highest BCUT2D eigenvalue weighted by Gasteiger charge is 2.13. The number of carbonyl (C=O) groups is 2. The minimum absolute atomic E-state index is 0.114. The van der Waals surface area contributed by atoms with Crippen LogP contribution in [0.4, 0.5) is 0 Å². The Morgan fingerprint density at radius 3 is 1.25 bits per heavy atom. The fourth-order valence-electron chi connectivity index (χ4n) is 2.07. The monoisotopic (exact) mass is 394 g/mol. The molecule has 2 aromatic rings. The number of phenolic OH excluding ortho intramolecular Hbond substituents is 4. The fraction of sp³-hybridized carbons (Fsp3) is 0.222. The van der Waals surface area contributed by atoms with Gasteiger partial charge in [-0.3, -0.25) is 9.59 Å². The van der Waals surface area contributed by atoms with Gasteiger partial charge >= 0.3 is 11.9 Å². The van der Waals surface area contributed by atoms with Crippen LogP contribution in [-0.4, -0.2) is 54.7 Å². The Kier molecular flexibility index (Phi) is 8.05. The summed E-state index contributed by atoms with van der Waals surface area (Å²) in [6.07, 6.45) is 0.229. The van der Waals surface area contributed by atoms with Crippen LogP contribution in [0.25, 0.3) is 0 Å². The molecule has 0 unspecified atom stereocenters. The van der Waals surface area contributed by atoms with Crippen LogP contribution in [-0.2, 0) is 22.4 Å². The summed E-state index contributed by atoms with van der Waals surface area (Å²) in [5.74, 6) is -3.23. The molecule has 0 bridgehead atoms. The normalized spacial score (nSPS) is 12.4. The van der Waals surface area contributed by atoms with E-state index in [2.05, 4.69) is 0 Å². The summed E-state index contributed by atoms with van der Waals surface area (Å²) in [5, 5.41) is 53.3. The van der Waals surface area contributed by atoms with E-state index in [-0.39, 0.29) is 35.8 Å². The van der Waals surface area contributed by atoms with Gasteiger partial charge in [0.25, 0.3) is 0 Å². The van der Waals surface area contributed by atoms with Gasteiger partial charge in [0, 0.05) is 0 Å². The van der Waals surface area contributed by atoms with Gasteiger partial charge in [-0.15, -0.1) is 0 Å². The zero-order valence-corrected chi connectivity index (χ0v) is 14.7. The van der Waals surface area contributed by atoms with E-state index >= 15 is 0 Å². The second-order valence-corrected chi connectivity index (χ2v) is 5.94. The molecule has 0 aliphatic heterocycles. The zero-order chi connectivity index (χ0) is 21.4. The van der Waals surface area contributed by atoms with Gasteiger partial charge in [0.05, 0.1) is 0 Å². The number of carboxylic acids is 2. The van der Waals surface area contributed by atoms with E-state index in [0.29, 0.717) is 11.1 Å². The quantitative estimate of drug-likeness (QED) is 0.310. The van der Waals surface area contributed by atoms with Crippen molar-refractivity contribution in [3.63, 3.8) is 0 Å². The molecule has 28 heavy (non-hydrogen) atoms. The third kappa shape index (κ3) is 7.02.